The molecule has 0 fully saturated rings. The average molecular weight is 405 g/mol. The molecule has 3 aromatic rings. The molecule has 154 valence electrons. The highest BCUT2D eigenvalue weighted by atomic mass is 19.4. The maximum absolute atomic E-state index is 13.0. The van der Waals surface area contributed by atoms with Crippen LogP contribution in [0.5, 0.6) is 0 Å². The third kappa shape index (κ3) is 4.55. The van der Waals surface area contributed by atoms with E-state index in [9.17, 15) is 18.0 Å². The summed E-state index contributed by atoms with van der Waals surface area (Å²) in [4.78, 5) is 22.3. The van der Waals surface area contributed by atoms with E-state index in [4.69, 9.17) is 0 Å². The predicted octanol–water partition coefficient (Wildman–Crippen LogP) is 3.74. The summed E-state index contributed by atoms with van der Waals surface area (Å²) in [7, 11) is 0. The molecular formula is C20H22F3N5O. The van der Waals surface area contributed by atoms with Crippen LogP contribution in [-0.4, -0.2) is 36.9 Å². The Morgan fingerprint density at radius 1 is 1.14 bits per heavy atom. The van der Waals surface area contributed by atoms with Crippen LogP contribution in [0, 0.1) is 13.8 Å². The van der Waals surface area contributed by atoms with Crippen LogP contribution in [0.1, 0.15) is 41.7 Å². The number of hydrogen-bond acceptors (Lipinski definition) is 4. The van der Waals surface area contributed by atoms with Gasteiger partial charge < -0.3 is 4.90 Å². The van der Waals surface area contributed by atoms with E-state index in [-0.39, 0.29) is 18.1 Å². The Morgan fingerprint density at radius 3 is 2.45 bits per heavy atom. The van der Waals surface area contributed by atoms with Crippen molar-refractivity contribution in [1.29, 1.82) is 0 Å². The molecule has 0 aliphatic rings. The number of halogens is 3. The summed E-state index contributed by atoms with van der Waals surface area (Å²) in [6.45, 7) is 6.34. The highest BCUT2D eigenvalue weighted by Gasteiger charge is 2.37. The predicted molar refractivity (Wildman–Crippen MR) is 101 cm³/mol. The molecular weight excluding hydrogens is 383 g/mol. The maximum atomic E-state index is 13.0. The number of alkyl halides is 3. The smallest absolute Gasteiger partial charge is 0.338 e. The van der Waals surface area contributed by atoms with Crippen LogP contribution in [0.15, 0.2) is 30.3 Å². The van der Waals surface area contributed by atoms with Crippen molar-refractivity contribution in [1.82, 2.24) is 24.5 Å². The van der Waals surface area contributed by atoms with Gasteiger partial charge in [0.05, 0.1) is 6.42 Å². The first-order valence-corrected chi connectivity index (χ1v) is 9.32. The first kappa shape index (κ1) is 20.8. The van der Waals surface area contributed by atoms with Gasteiger partial charge in [0.2, 0.25) is 5.91 Å². The summed E-state index contributed by atoms with van der Waals surface area (Å²) < 4.78 is 39.9. The van der Waals surface area contributed by atoms with Crippen molar-refractivity contribution in [3.63, 3.8) is 0 Å². The zero-order valence-corrected chi connectivity index (χ0v) is 16.5. The second kappa shape index (κ2) is 8.18. The van der Waals surface area contributed by atoms with Crippen molar-refractivity contribution in [2.45, 2.75) is 46.3 Å². The lowest BCUT2D eigenvalue weighted by atomic mass is 10.1. The zero-order chi connectivity index (χ0) is 21.2. The van der Waals surface area contributed by atoms with Gasteiger partial charge in [-0.15, -0.1) is 5.10 Å². The summed E-state index contributed by atoms with van der Waals surface area (Å²) in [5.74, 6) is -1.48. The van der Waals surface area contributed by atoms with E-state index in [0.717, 1.165) is 16.5 Å². The molecule has 0 aliphatic heterocycles. The number of benzene rings is 1. The zero-order valence-electron chi connectivity index (χ0n) is 16.5. The van der Waals surface area contributed by atoms with E-state index in [1.54, 1.807) is 18.7 Å². The van der Waals surface area contributed by atoms with E-state index in [1.165, 1.54) is 0 Å². The molecule has 2 aromatic heterocycles. The highest BCUT2D eigenvalue weighted by molar-refractivity contribution is 5.79. The molecule has 0 radical (unpaired) electrons. The monoisotopic (exact) mass is 405 g/mol. The third-order valence-electron chi connectivity index (χ3n) is 4.69. The summed E-state index contributed by atoms with van der Waals surface area (Å²) in [6.07, 6.45) is -3.82. The third-order valence-corrected chi connectivity index (χ3v) is 4.69. The molecule has 6 nitrogen and oxygen atoms in total. The quantitative estimate of drug-likeness (QED) is 0.627. The Bertz CT molecular complexity index is 1010. The molecule has 0 spiro atoms. The van der Waals surface area contributed by atoms with Crippen LogP contribution in [0.3, 0.4) is 0 Å². The average Bonchev–Trinajstić information content (AvgIpc) is 3.10. The lowest BCUT2D eigenvalue weighted by Crippen LogP contribution is -2.33. The minimum atomic E-state index is -4.66. The van der Waals surface area contributed by atoms with Gasteiger partial charge in [-0.2, -0.15) is 18.2 Å². The van der Waals surface area contributed by atoms with E-state index < -0.39 is 12.0 Å². The molecule has 0 N–H and O–H groups in total. The molecule has 1 amide bonds. The Kier molecular flexibility index (Phi) is 5.86. The minimum Gasteiger partial charge on any atom is -0.338 e. The van der Waals surface area contributed by atoms with Crippen LogP contribution in [0.2, 0.25) is 0 Å². The fourth-order valence-corrected chi connectivity index (χ4v) is 3.21. The Morgan fingerprint density at radius 2 is 1.83 bits per heavy atom. The van der Waals surface area contributed by atoms with E-state index >= 15 is 0 Å². The van der Waals surface area contributed by atoms with Crippen LogP contribution in [0.4, 0.5) is 13.2 Å². The van der Waals surface area contributed by atoms with E-state index in [2.05, 4.69) is 15.1 Å². The van der Waals surface area contributed by atoms with E-state index in [1.807, 2.05) is 37.3 Å². The van der Waals surface area contributed by atoms with Gasteiger partial charge in [0.1, 0.15) is 0 Å². The number of rotatable bonds is 6. The number of hydrogen-bond donors (Lipinski definition) is 0. The van der Waals surface area contributed by atoms with Crippen molar-refractivity contribution in [2.75, 3.05) is 6.54 Å². The first-order chi connectivity index (χ1) is 13.7. The molecule has 3 rings (SSSR count). The lowest BCUT2D eigenvalue weighted by molar-refractivity contribution is -0.144. The largest absolute Gasteiger partial charge is 0.453 e. The molecule has 0 bridgehead atoms. The van der Waals surface area contributed by atoms with Crippen molar-refractivity contribution >= 4 is 11.7 Å². The maximum Gasteiger partial charge on any atom is 0.453 e. The van der Waals surface area contributed by atoms with Crippen LogP contribution < -0.4 is 0 Å². The summed E-state index contributed by atoms with van der Waals surface area (Å²) in [6, 6.07) is 9.65. The molecule has 29 heavy (non-hydrogen) atoms. The van der Waals surface area contributed by atoms with Crippen molar-refractivity contribution in [2.24, 2.45) is 0 Å². The van der Waals surface area contributed by atoms with Gasteiger partial charge in [0, 0.05) is 30.0 Å². The van der Waals surface area contributed by atoms with Crippen LogP contribution in [0.25, 0.3) is 5.78 Å². The van der Waals surface area contributed by atoms with Crippen LogP contribution >= 0.6 is 0 Å². The fraction of sp³-hybridized carbons (Fsp3) is 0.400. The van der Waals surface area contributed by atoms with Gasteiger partial charge in [0.15, 0.2) is 0 Å². The Balaban J connectivity index is 1.90. The van der Waals surface area contributed by atoms with E-state index in [0.29, 0.717) is 30.0 Å². The number of carbonyl (C=O) groups excluding carboxylic acids is 1. The molecule has 0 unspecified atom stereocenters. The van der Waals surface area contributed by atoms with Crippen molar-refractivity contribution < 1.29 is 18.0 Å². The van der Waals surface area contributed by atoms with Crippen molar-refractivity contribution in [3.8, 4) is 0 Å². The summed E-state index contributed by atoms with van der Waals surface area (Å²) in [5, 5.41) is 3.53. The summed E-state index contributed by atoms with van der Waals surface area (Å²) >= 11 is 0. The number of aromatic nitrogens is 4. The van der Waals surface area contributed by atoms with Gasteiger partial charge in [-0.05, 0) is 25.8 Å². The van der Waals surface area contributed by atoms with Gasteiger partial charge in [-0.3, -0.25) is 4.79 Å². The Hall–Kier alpha value is -2.97. The number of carbonyl (C=O) groups is 1. The Labute approximate surface area is 166 Å². The fourth-order valence-electron chi connectivity index (χ4n) is 3.21. The SMILES string of the molecule is CCCN(Cc1ccccc1)C(=O)Cc1c(C)nc2nc(C(F)(F)F)nn2c1C. The van der Waals surface area contributed by atoms with Gasteiger partial charge in [0.25, 0.3) is 11.6 Å². The van der Waals surface area contributed by atoms with Crippen LogP contribution in [-0.2, 0) is 23.9 Å². The highest BCUT2D eigenvalue weighted by Crippen LogP contribution is 2.27. The molecule has 0 aliphatic carbocycles. The second-order valence-electron chi connectivity index (χ2n) is 6.88. The summed E-state index contributed by atoms with van der Waals surface area (Å²) in [5.41, 5.74) is 2.48. The molecule has 0 saturated heterocycles. The van der Waals surface area contributed by atoms with Gasteiger partial charge in [-0.25, -0.2) is 9.50 Å². The molecule has 0 atom stereocenters. The molecule has 0 saturated carbocycles. The molecule has 1 aromatic carbocycles. The number of nitrogens with zero attached hydrogens (tertiary/aromatic N) is 5. The number of aryl methyl sites for hydroxylation is 2. The lowest BCUT2D eigenvalue weighted by Gasteiger charge is -2.23. The first-order valence-electron chi connectivity index (χ1n) is 9.32. The topological polar surface area (TPSA) is 63.4 Å². The normalized spacial score (nSPS) is 11.8. The van der Waals surface area contributed by atoms with Crippen molar-refractivity contribution in [3.05, 3.63) is 58.7 Å². The standard InChI is InChI=1S/C20H22F3N5O/c1-4-10-27(12-15-8-6-5-7-9-15)17(29)11-16-13(2)24-19-25-18(20(21,22)23)26-28(19)14(16)3/h5-9H,4,10-12H2,1-3H3. The van der Waals surface area contributed by atoms with Gasteiger partial charge >= 0.3 is 6.18 Å². The molecule has 2 heterocycles. The second-order valence-corrected chi connectivity index (χ2v) is 6.88. The number of fused-ring (bicyclic) bond motifs is 1. The minimum absolute atomic E-state index is 0.0364. The number of amides is 1. The van der Waals surface area contributed by atoms with Gasteiger partial charge in [-0.1, -0.05) is 37.3 Å². The molecule has 9 heteroatoms.